The van der Waals surface area contributed by atoms with Gasteiger partial charge in [-0.15, -0.1) is 0 Å². The molecule has 1 fully saturated rings. The van der Waals surface area contributed by atoms with Crippen LogP contribution in [0.15, 0.2) is 60.7 Å². The molecule has 1 aliphatic carbocycles. The van der Waals surface area contributed by atoms with Crippen LogP contribution < -0.4 is 10.1 Å². The summed E-state index contributed by atoms with van der Waals surface area (Å²) in [7, 11) is 0. The maximum atomic E-state index is 12.9. The number of benzene rings is 2. The van der Waals surface area contributed by atoms with Gasteiger partial charge < -0.3 is 25.0 Å². The molecule has 2 aromatic carbocycles. The molecule has 3 aromatic rings. The van der Waals surface area contributed by atoms with Crippen molar-refractivity contribution in [2.45, 2.75) is 57.6 Å². The maximum absolute atomic E-state index is 12.9. The molecule has 0 aliphatic heterocycles. The summed E-state index contributed by atoms with van der Waals surface area (Å²) in [5, 5.41) is 25.6. The molecule has 1 aliphatic rings. The van der Waals surface area contributed by atoms with Crippen LogP contribution in [0.2, 0.25) is 0 Å². The summed E-state index contributed by atoms with van der Waals surface area (Å²) < 4.78 is 13.0. The second-order valence-electron chi connectivity index (χ2n) is 8.92. The van der Waals surface area contributed by atoms with Crippen molar-refractivity contribution in [3.8, 4) is 5.88 Å². The topological polar surface area (TPSA) is 140 Å². The summed E-state index contributed by atoms with van der Waals surface area (Å²) >= 11 is 0. The highest BCUT2D eigenvalue weighted by atomic mass is 16.5. The number of nitrogens with zero attached hydrogens (tertiary/aromatic N) is 2. The van der Waals surface area contributed by atoms with Gasteiger partial charge in [-0.05, 0) is 36.1 Å². The molecule has 1 saturated carbocycles. The van der Waals surface area contributed by atoms with E-state index in [2.05, 4.69) is 10.4 Å². The fourth-order valence-electron chi connectivity index (χ4n) is 4.31. The van der Waals surface area contributed by atoms with Gasteiger partial charge in [0, 0.05) is 6.07 Å². The van der Waals surface area contributed by atoms with Crippen molar-refractivity contribution in [3.05, 3.63) is 83.0 Å². The Labute approximate surface area is 213 Å². The summed E-state index contributed by atoms with van der Waals surface area (Å²) in [4.78, 5) is 35.6. The second kappa shape index (κ2) is 12.2. The lowest BCUT2D eigenvalue weighted by Gasteiger charge is -2.32. The largest absolute Gasteiger partial charge is 0.478 e. The average Bonchev–Trinajstić information content (AvgIpc) is 3.30. The smallest absolute Gasteiger partial charge is 0.356 e. The third-order valence-corrected chi connectivity index (χ3v) is 6.17. The first kappa shape index (κ1) is 25.9. The first-order valence-electron chi connectivity index (χ1n) is 12.1. The van der Waals surface area contributed by atoms with Crippen LogP contribution in [0.3, 0.4) is 0 Å². The van der Waals surface area contributed by atoms with Crippen molar-refractivity contribution in [1.82, 2.24) is 15.1 Å². The fraction of sp³-hybridized carbons (Fsp3) is 0.333. The summed E-state index contributed by atoms with van der Waals surface area (Å²) in [6.45, 7) is 0.200. The van der Waals surface area contributed by atoms with Crippen LogP contribution in [0.4, 0.5) is 0 Å². The van der Waals surface area contributed by atoms with Gasteiger partial charge >= 0.3 is 11.9 Å². The molecule has 2 atom stereocenters. The molecular formula is C27H29N3O7. The van der Waals surface area contributed by atoms with Crippen LogP contribution in [0.5, 0.6) is 5.88 Å². The first-order chi connectivity index (χ1) is 17.9. The van der Waals surface area contributed by atoms with Gasteiger partial charge in [0.25, 0.3) is 0 Å². The number of aromatic carboxylic acids is 2. The van der Waals surface area contributed by atoms with Crippen molar-refractivity contribution in [2.75, 3.05) is 0 Å². The van der Waals surface area contributed by atoms with E-state index in [-0.39, 0.29) is 48.3 Å². The quantitative estimate of drug-likeness (QED) is 0.358. The summed E-state index contributed by atoms with van der Waals surface area (Å²) in [5.74, 6) is -2.56. The standard InChI is InChI=1S/C27H29N3O7/c31-24(28-21-11-4-5-12-23(21)36-16-18-7-2-1-3-8-18)15-30-25(14-22(29-30)27(34)35)37-17-19-9-6-10-20(13-19)26(32)33/h1-3,6-10,13-14,21,23H,4-5,11-12,15-17H2,(H,28,31)(H,32,33)(H,34,35)/t21-,23-/m0/s1. The monoisotopic (exact) mass is 507 g/mol. The van der Waals surface area contributed by atoms with Crippen molar-refractivity contribution in [2.24, 2.45) is 0 Å². The minimum Gasteiger partial charge on any atom is -0.478 e. The van der Waals surface area contributed by atoms with E-state index in [1.54, 1.807) is 12.1 Å². The van der Waals surface area contributed by atoms with E-state index in [4.69, 9.17) is 9.47 Å². The van der Waals surface area contributed by atoms with E-state index >= 15 is 0 Å². The molecule has 10 nitrogen and oxygen atoms in total. The third-order valence-electron chi connectivity index (χ3n) is 6.17. The van der Waals surface area contributed by atoms with Gasteiger partial charge in [-0.1, -0.05) is 55.3 Å². The summed E-state index contributed by atoms with van der Waals surface area (Å²) in [6, 6.07) is 17.1. The van der Waals surface area contributed by atoms with Crippen LogP contribution in [0, 0.1) is 0 Å². The lowest BCUT2D eigenvalue weighted by atomic mass is 9.92. The van der Waals surface area contributed by atoms with Gasteiger partial charge in [0.05, 0.1) is 24.3 Å². The number of nitrogens with one attached hydrogen (secondary N) is 1. The number of ether oxygens (including phenoxy) is 2. The number of carbonyl (C=O) groups excluding carboxylic acids is 1. The zero-order chi connectivity index (χ0) is 26.2. The Kier molecular flexibility index (Phi) is 8.52. The summed E-state index contributed by atoms with van der Waals surface area (Å²) in [5.41, 5.74) is 1.49. The molecule has 37 heavy (non-hydrogen) atoms. The van der Waals surface area contributed by atoms with E-state index < -0.39 is 11.9 Å². The number of carboxylic acids is 2. The van der Waals surface area contributed by atoms with Gasteiger partial charge in [0.15, 0.2) is 5.69 Å². The fourth-order valence-corrected chi connectivity index (χ4v) is 4.31. The molecule has 1 amide bonds. The molecule has 10 heteroatoms. The number of carbonyl (C=O) groups is 3. The van der Waals surface area contributed by atoms with Crippen LogP contribution >= 0.6 is 0 Å². The zero-order valence-electron chi connectivity index (χ0n) is 20.2. The molecule has 4 rings (SSSR count). The molecule has 0 spiro atoms. The van der Waals surface area contributed by atoms with Crippen LogP contribution in [0.1, 0.15) is 57.7 Å². The molecule has 0 bridgehead atoms. The molecule has 0 radical (unpaired) electrons. The minimum atomic E-state index is -1.25. The highest BCUT2D eigenvalue weighted by Gasteiger charge is 2.28. The minimum absolute atomic E-state index is 0.0223. The number of carboxylic acid groups (broad SMARTS) is 2. The molecule has 3 N–H and O–H groups in total. The summed E-state index contributed by atoms with van der Waals surface area (Å²) in [6.07, 6.45) is 3.50. The van der Waals surface area contributed by atoms with Crippen LogP contribution in [0.25, 0.3) is 0 Å². The van der Waals surface area contributed by atoms with Gasteiger partial charge in [-0.2, -0.15) is 5.10 Å². The predicted octanol–water partition coefficient (Wildman–Crippen LogP) is 3.50. The lowest BCUT2D eigenvalue weighted by molar-refractivity contribution is -0.124. The molecular weight excluding hydrogens is 478 g/mol. The van der Waals surface area contributed by atoms with E-state index in [1.807, 2.05) is 30.3 Å². The lowest BCUT2D eigenvalue weighted by Crippen LogP contribution is -2.47. The molecule has 194 valence electrons. The average molecular weight is 508 g/mol. The van der Waals surface area contributed by atoms with Gasteiger partial charge in [0.1, 0.15) is 13.2 Å². The highest BCUT2D eigenvalue weighted by Crippen LogP contribution is 2.23. The van der Waals surface area contributed by atoms with E-state index in [1.165, 1.54) is 22.9 Å². The molecule has 1 heterocycles. The molecule has 0 saturated heterocycles. The Balaban J connectivity index is 1.40. The number of hydrogen-bond acceptors (Lipinski definition) is 6. The van der Waals surface area contributed by atoms with Crippen molar-refractivity contribution >= 4 is 17.8 Å². The van der Waals surface area contributed by atoms with Crippen LogP contribution in [-0.2, 0) is 29.3 Å². The van der Waals surface area contributed by atoms with Gasteiger partial charge in [-0.3, -0.25) is 4.79 Å². The second-order valence-corrected chi connectivity index (χ2v) is 8.92. The third kappa shape index (κ3) is 7.17. The predicted molar refractivity (Wildman–Crippen MR) is 132 cm³/mol. The Morgan fingerprint density at radius 1 is 0.919 bits per heavy atom. The molecule has 1 aromatic heterocycles. The Bertz CT molecular complexity index is 1240. The normalized spacial score (nSPS) is 17.2. The van der Waals surface area contributed by atoms with E-state index in [0.717, 1.165) is 31.2 Å². The zero-order valence-corrected chi connectivity index (χ0v) is 20.2. The van der Waals surface area contributed by atoms with E-state index in [0.29, 0.717) is 12.2 Å². The Hall–Kier alpha value is -4.18. The first-order valence-corrected chi connectivity index (χ1v) is 12.1. The van der Waals surface area contributed by atoms with Gasteiger partial charge in [0.2, 0.25) is 11.8 Å². The molecule has 0 unspecified atom stereocenters. The maximum Gasteiger partial charge on any atom is 0.356 e. The highest BCUT2D eigenvalue weighted by molar-refractivity contribution is 5.87. The Morgan fingerprint density at radius 2 is 1.68 bits per heavy atom. The SMILES string of the molecule is O=C(Cn1nc(C(=O)O)cc1OCc1cccc(C(=O)O)c1)N[C@H]1CCCC[C@@H]1OCc1ccccc1. The number of rotatable bonds is 11. The van der Waals surface area contributed by atoms with Crippen molar-refractivity contribution < 1.29 is 34.1 Å². The van der Waals surface area contributed by atoms with Crippen LogP contribution in [-0.4, -0.2) is 50.0 Å². The van der Waals surface area contributed by atoms with Gasteiger partial charge in [-0.25, -0.2) is 14.3 Å². The number of aromatic nitrogens is 2. The van der Waals surface area contributed by atoms with E-state index in [9.17, 15) is 24.6 Å². The van der Waals surface area contributed by atoms with Crippen molar-refractivity contribution in [1.29, 1.82) is 0 Å². The number of hydrogen-bond donors (Lipinski definition) is 3. The number of amides is 1. The Morgan fingerprint density at radius 3 is 2.43 bits per heavy atom. The van der Waals surface area contributed by atoms with Crippen molar-refractivity contribution in [3.63, 3.8) is 0 Å².